The molecule has 2 heterocycles. The van der Waals surface area contributed by atoms with E-state index in [1.165, 1.54) is 0 Å². The number of hydrogen-bond acceptors (Lipinski definition) is 5. The fourth-order valence-electron chi connectivity index (χ4n) is 4.13. The number of nitrogens with one attached hydrogen (secondary N) is 1. The normalized spacial score (nSPS) is 31.8. The third-order valence-corrected chi connectivity index (χ3v) is 5.61. The van der Waals surface area contributed by atoms with Crippen molar-refractivity contribution >= 4 is 28.4 Å². The number of piperidine rings is 1. The molecule has 0 unspecified atom stereocenters. The molecule has 0 bridgehead atoms. The molecular weight excluding hydrogens is 354 g/mol. The minimum Gasteiger partial charge on any atom is -0.492 e. The Labute approximate surface area is 157 Å². The van der Waals surface area contributed by atoms with Crippen LogP contribution in [0.1, 0.15) is 45.6 Å². The van der Waals surface area contributed by atoms with Gasteiger partial charge in [-0.05, 0) is 26.7 Å². The van der Waals surface area contributed by atoms with Crippen molar-refractivity contribution in [3.8, 4) is 5.75 Å². The fraction of sp³-hybridized carbons (Fsp3) is 0.579. The van der Waals surface area contributed by atoms with E-state index in [2.05, 4.69) is 10.3 Å². The van der Waals surface area contributed by atoms with Crippen LogP contribution in [-0.2, 0) is 4.79 Å². The first-order valence-corrected chi connectivity index (χ1v) is 9.47. The third kappa shape index (κ3) is 3.46. The smallest absolute Gasteiger partial charge is 0.136 e. The second-order valence-corrected chi connectivity index (χ2v) is 8.41. The maximum absolute atomic E-state index is 11.7. The van der Waals surface area contributed by atoms with Crippen molar-refractivity contribution in [2.24, 2.45) is 0 Å². The largest absolute Gasteiger partial charge is 0.492 e. The average Bonchev–Trinajstić information content (AvgIpc) is 2.94. The summed E-state index contributed by atoms with van der Waals surface area (Å²) in [6, 6.07) is 4.11. The van der Waals surface area contributed by atoms with E-state index in [0.29, 0.717) is 43.1 Å². The molecule has 6 nitrogen and oxygen atoms in total. The molecule has 0 amide bonds. The van der Waals surface area contributed by atoms with E-state index in [9.17, 15) is 9.90 Å². The lowest BCUT2D eigenvalue weighted by atomic mass is 9.77. The number of carbonyl (C=O) groups excluding carboxylic acids is 1. The van der Waals surface area contributed by atoms with Crippen LogP contribution >= 0.6 is 11.6 Å². The summed E-state index contributed by atoms with van der Waals surface area (Å²) in [5.74, 6) is 0.925. The third-order valence-electron chi connectivity index (χ3n) is 5.32. The Bertz CT molecular complexity index is 840. The van der Waals surface area contributed by atoms with Crippen molar-refractivity contribution in [3.05, 3.63) is 23.5 Å². The molecule has 0 spiro atoms. The van der Waals surface area contributed by atoms with Gasteiger partial charge in [0.1, 0.15) is 18.1 Å². The van der Waals surface area contributed by atoms with E-state index in [0.717, 1.165) is 11.0 Å². The number of ketones is 1. The van der Waals surface area contributed by atoms with E-state index in [4.69, 9.17) is 16.3 Å². The van der Waals surface area contributed by atoms with Crippen molar-refractivity contribution in [3.63, 3.8) is 0 Å². The van der Waals surface area contributed by atoms with Gasteiger partial charge in [-0.1, -0.05) is 11.6 Å². The van der Waals surface area contributed by atoms with Crippen LogP contribution in [0.15, 0.2) is 18.5 Å². The SMILES string of the molecule is C[C@H]1CC(=O)C[C@@H](COc2cc(Cl)c3c(c2)ncn3C2CC(C)(O)C2)N1. The first-order chi connectivity index (χ1) is 12.3. The molecule has 140 valence electrons. The number of aliphatic hydroxyl groups is 1. The number of halogens is 1. The Kier molecular flexibility index (Phi) is 4.45. The first kappa shape index (κ1) is 17.8. The quantitative estimate of drug-likeness (QED) is 0.856. The number of fused-ring (bicyclic) bond motifs is 1. The lowest BCUT2D eigenvalue weighted by molar-refractivity contribution is -0.121. The van der Waals surface area contributed by atoms with Crippen LogP contribution in [-0.4, -0.2) is 44.7 Å². The minimum atomic E-state index is -0.599. The predicted octanol–water partition coefficient (Wildman–Crippen LogP) is 2.86. The van der Waals surface area contributed by atoms with Gasteiger partial charge >= 0.3 is 0 Å². The molecule has 1 aromatic carbocycles. The zero-order valence-corrected chi connectivity index (χ0v) is 15.8. The van der Waals surface area contributed by atoms with Crippen LogP contribution < -0.4 is 10.1 Å². The highest BCUT2D eigenvalue weighted by atomic mass is 35.5. The summed E-state index contributed by atoms with van der Waals surface area (Å²) in [5, 5.41) is 14.0. The van der Waals surface area contributed by atoms with Gasteiger partial charge in [0.25, 0.3) is 0 Å². The summed E-state index contributed by atoms with van der Waals surface area (Å²) in [6.07, 6.45) is 4.26. The summed E-state index contributed by atoms with van der Waals surface area (Å²) < 4.78 is 7.93. The summed E-state index contributed by atoms with van der Waals surface area (Å²) in [5.41, 5.74) is 1.05. The lowest BCUT2D eigenvalue weighted by Crippen LogP contribution is -2.47. The zero-order valence-electron chi connectivity index (χ0n) is 15.0. The summed E-state index contributed by atoms with van der Waals surface area (Å²) in [6.45, 7) is 4.28. The van der Waals surface area contributed by atoms with Crippen LogP contribution in [0.25, 0.3) is 11.0 Å². The lowest BCUT2D eigenvalue weighted by Gasteiger charge is -2.41. The molecule has 1 saturated carbocycles. The van der Waals surface area contributed by atoms with Gasteiger partial charge < -0.3 is 19.7 Å². The number of imidazole rings is 1. The number of rotatable bonds is 4. The Morgan fingerprint density at radius 3 is 2.88 bits per heavy atom. The van der Waals surface area contributed by atoms with Crippen LogP contribution in [0.4, 0.5) is 0 Å². The van der Waals surface area contributed by atoms with E-state index in [-0.39, 0.29) is 23.9 Å². The van der Waals surface area contributed by atoms with Crippen molar-refractivity contribution < 1.29 is 14.6 Å². The maximum Gasteiger partial charge on any atom is 0.136 e. The van der Waals surface area contributed by atoms with Crippen LogP contribution in [0, 0.1) is 0 Å². The predicted molar refractivity (Wildman–Crippen MR) is 99.8 cm³/mol. The molecule has 2 atom stereocenters. The highest BCUT2D eigenvalue weighted by molar-refractivity contribution is 6.35. The van der Waals surface area contributed by atoms with E-state index in [1.54, 1.807) is 12.4 Å². The molecule has 26 heavy (non-hydrogen) atoms. The van der Waals surface area contributed by atoms with Crippen molar-refractivity contribution in [2.75, 3.05) is 6.61 Å². The maximum atomic E-state index is 11.7. The minimum absolute atomic E-state index is 0.0236. The van der Waals surface area contributed by atoms with Gasteiger partial charge in [0.15, 0.2) is 0 Å². The molecule has 1 saturated heterocycles. The van der Waals surface area contributed by atoms with Gasteiger partial charge in [0.05, 0.1) is 28.0 Å². The van der Waals surface area contributed by atoms with E-state index in [1.807, 2.05) is 24.5 Å². The van der Waals surface area contributed by atoms with Crippen molar-refractivity contribution in [1.82, 2.24) is 14.9 Å². The van der Waals surface area contributed by atoms with Crippen LogP contribution in [0.2, 0.25) is 5.02 Å². The van der Waals surface area contributed by atoms with Crippen LogP contribution in [0.5, 0.6) is 5.75 Å². The molecule has 1 aliphatic carbocycles. The Morgan fingerprint density at radius 1 is 1.42 bits per heavy atom. The van der Waals surface area contributed by atoms with Crippen molar-refractivity contribution in [2.45, 2.75) is 63.3 Å². The molecule has 1 aliphatic heterocycles. The molecule has 7 heteroatoms. The second-order valence-electron chi connectivity index (χ2n) is 8.01. The topological polar surface area (TPSA) is 76.4 Å². The van der Waals surface area contributed by atoms with Crippen molar-refractivity contribution in [1.29, 1.82) is 0 Å². The second kappa shape index (κ2) is 6.51. The van der Waals surface area contributed by atoms with Gasteiger partial charge in [-0.3, -0.25) is 4.79 Å². The molecule has 2 fully saturated rings. The number of benzene rings is 1. The molecule has 1 aromatic heterocycles. The average molecular weight is 378 g/mol. The Balaban J connectivity index is 1.48. The molecule has 2 N–H and O–H groups in total. The Morgan fingerprint density at radius 2 is 2.19 bits per heavy atom. The van der Waals surface area contributed by atoms with Crippen LogP contribution in [0.3, 0.4) is 0 Å². The number of carbonyl (C=O) groups is 1. The molecule has 2 aliphatic rings. The standard InChI is InChI=1S/C19H24ClN3O3/c1-11-3-14(24)4-12(22-11)9-26-15-5-16(20)18-17(6-15)21-10-23(18)13-7-19(2,25)8-13/h5-6,10-13,22,25H,3-4,7-9H2,1-2H3/t11-,12-,13?,19?/m0/s1. The van der Waals surface area contributed by atoms with E-state index >= 15 is 0 Å². The van der Waals surface area contributed by atoms with Gasteiger partial charge in [-0.25, -0.2) is 4.98 Å². The number of nitrogens with zero attached hydrogens (tertiary/aromatic N) is 2. The zero-order chi connectivity index (χ0) is 18.5. The summed E-state index contributed by atoms with van der Waals surface area (Å²) in [4.78, 5) is 16.2. The molecular formula is C19H24ClN3O3. The fourth-order valence-corrected chi connectivity index (χ4v) is 4.43. The first-order valence-electron chi connectivity index (χ1n) is 9.10. The molecule has 4 rings (SSSR count). The summed E-state index contributed by atoms with van der Waals surface area (Å²) >= 11 is 6.50. The number of Topliss-reactive ketones (excluding diaryl/α,β-unsaturated/α-hetero) is 1. The monoisotopic (exact) mass is 377 g/mol. The van der Waals surface area contributed by atoms with Gasteiger partial charge in [0, 0.05) is 43.1 Å². The molecule has 2 aromatic rings. The summed E-state index contributed by atoms with van der Waals surface area (Å²) in [7, 11) is 0. The van der Waals surface area contributed by atoms with Gasteiger partial charge in [-0.2, -0.15) is 0 Å². The highest BCUT2D eigenvalue weighted by Crippen LogP contribution is 2.43. The Hall–Kier alpha value is -1.63. The molecule has 0 radical (unpaired) electrons. The highest BCUT2D eigenvalue weighted by Gasteiger charge is 2.40. The number of aromatic nitrogens is 2. The van der Waals surface area contributed by atoms with Gasteiger partial charge in [-0.15, -0.1) is 0 Å². The van der Waals surface area contributed by atoms with Gasteiger partial charge in [0.2, 0.25) is 0 Å². The van der Waals surface area contributed by atoms with E-state index < -0.39 is 5.60 Å². The number of hydrogen-bond donors (Lipinski definition) is 2. The number of ether oxygens (including phenoxy) is 1.